The number of benzene rings is 2. The van der Waals surface area contributed by atoms with E-state index in [4.69, 9.17) is 0 Å². The molecule has 5 nitrogen and oxygen atoms in total. The van der Waals surface area contributed by atoms with Gasteiger partial charge in [-0.1, -0.05) is 24.3 Å². The van der Waals surface area contributed by atoms with E-state index in [0.717, 1.165) is 10.8 Å². The maximum absolute atomic E-state index is 12.2. The average Bonchev–Trinajstić information content (AvgIpc) is 2.83. The molecule has 0 aromatic heterocycles. The summed E-state index contributed by atoms with van der Waals surface area (Å²) in [4.78, 5) is 12.2. The first-order valence-corrected chi connectivity index (χ1v) is 8.97. The van der Waals surface area contributed by atoms with E-state index < -0.39 is 9.84 Å². The monoisotopic (exact) mass is 319 g/mol. The van der Waals surface area contributed by atoms with Gasteiger partial charge in [0.2, 0.25) is 0 Å². The molecule has 0 radical (unpaired) electrons. The minimum Gasteiger partial charge on any atom is -0.507 e. The summed E-state index contributed by atoms with van der Waals surface area (Å²) in [6.45, 7) is 0.310. The van der Waals surface area contributed by atoms with Gasteiger partial charge in [-0.15, -0.1) is 0 Å². The Hall–Kier alpha value is -2.08. The maximum atomic E-state index is 12.2. The van der Waals surface area contributed by atoms with Crippen molar-refractivity contribution < 1.29 is 18.3 Å². The predicted octanol–water partition coefficient (Wildman–Crippen LogP) is 1.71. The lowest BCUT2D eigenvalue weighted by atomic mass is 10.0. The van der Waals surface area contributed by atoms with Crippen LogP contribution in [0, 0.1) is 5.92 Å². The fraction of sp³-hybridized carbons (Fsp3) is 0.312. The zero-order chi connectivity index (χ0) is 15.7. The Balaban J connectivity index is 1.74. The van der Waals surface area contributed by atoms with E-state index in [9.17, 15) is 18.3 Å². The molecule has 2 N–H and O–H groups in total. The number of phenolic OH excluding ortho intramolecular Hbond substituents is 1. The minimum atomic E-state index is -2.95. The summed E-state index contributed by atoms with van der Waals surface area (Å²) in [6.07, 6.45) is 0.576. The third-order valence-electron chi connectivity index (χ3n) is 3.99. The lowest BCUT2D eigenvalue weighted by Gasteiger charge is -2.11. The SMILES string of the molecule is O=C(NCC1CCS(=O)(=O)C1)c1cc2ccccc2cc1O. The number of fused-ring (bicyclic) bond motifs is 1. The summed E-state index contributed by atoms with van der Waals surface area (Å²) in [5.41, 5.74) is 0.208. The number of sulfone groups is 1. The number of hydrogen-bond acceptors (Lipinski definition) is 4. The van der Waals surface area contributed by atoms with Crippen molar-refractivity contribution in [3.8, 4) is 5.75 Å². The van der Waals surface area contributed by atoms with E-state index in [0.29, 0.717) is 13.0 Å². The first-order valence-electron chi connectivity index (χ1n) is 7.15. The van der Waals surface area contributed by atoms with Crippen molar-refractivity contribution in [2.45, 2.75) is 6.42 Å². The number of rotatable bonds is 3. The van der Waals surface area contributed by atoms with Crippen molar-refractivity contribution in [2.75, 3.05) is 18.1 Å². The molecule has 6 heteroatoms. The van der Waals surface area contributed by atoms with Gasteiger partial charge in [0.1, 0.15) is 5.75 Å². The van der Waals surface area contributed by atoms with E-state index in [1.807, 2.05) is 24.3 Å². The van der Waals surface area contributed by atoms with Gasteiger partial charge in [-0.3, -0.25) is 4.79 Å². The highest BCUT2D eigenvalue weighted by molar-refractivity contribution is 7.91. The van der Waals surface area contributed by atoms with Gasteiger partial charge in [0.25, 0.3) is 5.91 Å². The highest BCUT2D eigenvalue weighted by Crippen LogP contribution is 2.25. The molecule has 3 rings (SSSR count). The van der Waals surface area contributed by atoms with Crippen LogP contribution < -0.4 is 5.32 Å². The van der Waals surface area contributed by atoms with Gasteiger partial charge in [-0.25, -0.2) is 8.42 Å². The summed E-state index contributed by atoms with van der Waals surface area (Å²) in [5, 5.41) is 14.4. The molecule has 0 aliphatic carbocycles. The van der Waals surface area contributed by atoms with E-state index in [-0.39, 0.29) is 34.6 Å². The van der Waals surface area contributed by atoms with Crippen molar-refractivity contribution in [3.05, 3.63) is 42.0 Å². The molecule has 0 saturated carbocycles. The lowest BCUT2D eigenvalue weighted by molar-refractivity contribution is 0.0946. The number of aromatic hydroxyl groups is 1. The molecule has 1 heterocycles. The first-order chi connectivity index (χ1) is 10.4. The fourth-order valence-electron chi connectivity index (χ4n) is 2.78. The molecule has 1 saturated heterocycles. The molecule has 2 aromatic carbocycles. The van der Waals surface area contributed by atoms with Gasteiger partial charge >= 0.3 is 0 Å². The molecule has 0 spiro atoms. The third-order valence-corrected chi connectivity index (χ3v) is 5.82. The summed E-state index contributed by atoms with van der Waals surface area (Å²) in [7, 11) is -2.95. The van der Waals surface area contributed by atoms with E-state index >= 15 is 0 Å². The van der Waals surface area contributed by atoms with Crippen LogP contribution in [0.2, 0.25) is 0 Å². The second kappa shape index (κ2) is 5.61. The average molecular weight is 319 g/mol. The van der Waals surface area contributed by atoms with Crippen LogP contribution in [0.15, 0.2) is 36.4 Å². The Kier molecular flexibility index (Phi) is 3.78. The molecule has 116 valence electrons. The van der Waals surface area contributed by atoms with Crippen molar-refractivity contribution in [1.29, 1.82) is 0 Å². The zero-order valence-corrected chi connectivity index (χ0v) is 12.8. The topological polar surface area (TPSA) is 83.5 Å². The van der Waals surface area contributed by atoms with Gasteiger partial charge in [-0.05, 0) is 35.2 Å². The van der Waals surface area contributed by atoms with Crippen molar-refractivity contribution in [3.63, 3.8) is 0 Å². The maximum Gasteiger partial charge on any atom is 0.255 e. The van der Waals surface area contributed by atoms with Crippen LogP contribution in [-0.2, 0) is 9.84 Å². The van der Waals surface area contributed by atoms with Gasteiger partial charge in [-0.2, -0.15) is 0 Å². The van der Waals surface area contributed by atoms with Gasteiger partial charge in [0.15, 0.2) is 9.84 Å². The molecule has 22 heavy (non-hydrogen) atoms. The molecule has 1 atom stereocenters. The van der Waals surface area contributed by atoms with Crippen molar-refractivity contribution >= 4 is 26.5 Å². The van der Waals surface area contributed by atoms with Gasteiger partial charge in [0.05, 0.1) is 17.1 Å². The van der Waals surface area contributed by atoms with Crippen molar-refractivity contribution in [1.82, 2.24) is 5.32 Å². The third kappa shape index (κ3) is 3.06. The van der Waals surface area contributed by atoms with E-state index in [2.05, 4.69) is 5.32 Å². The smallest absolute Gasteiger partial charge is 0.255 e. The number of carbonyl (C=O) groups is 1. The second-order valence-electron chi connectivity index (χ2n) is 5.70. The van der Waals surface area contributed by atoms with Crippen LogP contribution in [0.3, 0.4) is 0 Å². The van der Waals surface area contributed by atoms with E-state index in [1.54, 1.807) is 12.1 Å². The molecule has 0 bridgehead atoms. The van der Waals surface area contributed by atoms with Crippen LogP contribution in [0.5, 0.6) is 5.75 Å². The quantitative estimate of drug-likeness (QED) is 0.902. The Bertz CT molecular complexity index is 829. The van der Waals surface area contributed by atoms with Crippen LogP contribution in [0.25, 0.3) is 10.8 Å². The Morgan fingerprint density at radius 1 is 1.23 bits per heavy atom. The summed E-state index contributed by atoms with van der Waals surface area (Å²) >= 11 is 0. The van der Waals surface area contributed by atoms with Gasteiger partial charge in [0, 0.05) is 6.54 Å². The Morgan fingerprint density at radius 3 is 2.55 bits per heavy atom. The second-order valence-corrected chi connectivity index (χ2v) is 7.92. The first kappa shape index (κ1) is 14.8. The summed E-state index contributed by atoms with van der Waals surface area (Å²) in [5.74, 6) is -0.189. The van der Waals surface area contributed by atoms with Gasteiger partial charge < -0.3 is 10.4 Å². The summed E-state index contributed by atoms with van der Waals surface area (Å²) in [6, 6.07) is 10.7. The number of carbonyl (C=O) groups excluding carboxylic acids is 1. The number of phenols is 1. The Labute approximate surface area is 128 Å². The van der Waals surface area contributed by atoms with E-state index in [1.165, 1.54) is 0 Å². The van der Waals surface area contributed by atoms with Crippen LogP contribution in [0.1, 0.15) is 16.8 Å². The zero-order valence-electron chi connectivity index (χ0n) is 12.0. The van der Waals surface area contributed by atoms with Crippen LogP contribution in [-0.4, -0.2) is 37.5 Å². The molecule has 1 fully saturated rings. The van der Waals surface area contributed by atoms with Crippen LogP contribution in [0.4, 0.5) is 0 Å². The number of amides is 1. The number of nitrogens with one attached hydrogen (secondary N) is 1. The molecule has 1 amide bonds. The largest absolute Gasteiger partial charge is 0.507 e. The normalized spacial score (nSPS) is 20.1. The van der Waals surface area contributed by atoms with Crippen LogP contribution >= 0.6 is 0 Å². The summed E-state index contributed by atoms with van der Waals surface area (Å²) < 4.78 is 22.8. The molecule has 1 aliphatic heterocycles. The minimum absolute atomic E-state index is 0.0449. The predicted molar refractivity (Wildman–Crippen MR) is 84.7 cm³/mol. The highest BCUT2D eigenvalue weighted by Gasteiger charge is 2.28. The molecular formula is C16H17NO4S. The fourth-order valence-corrected chi connectivity index (χ4v) is 4.64. The Morgan fingerprint density at radius 2 is 1.91 bits per heavy atom. The molecule has 2 aromatic rings. The number of hydrogen-bond donors (Lipinski definition) is 2. The molecule has 1 unspecified atom stereocenters. The molecule has 1 aliphatic rings. The standard InChI is InChI=1S/C16H17NO4S/c18-15-8-13-4-2-1-3-12(13)7-14(15)16(19)17-9-11-5-6-22(20,21)10-11/h1-4,7-8,11,18H,5-6,9-10H2,(H,17,19). The molecular weight excluding hydrogens is 302 g/mol. The van der Waals surface area contributed by atoms with Crippen molar-refractivity contribution in [2.24, 2.45) is 5.92 Å². The highest BCUT2D eigenvalue weighted by atomic mass is 32.2. The lowest BCUT2D eigenvalue weighted by Crippen LogP contribution is -2.29.